The molecule has 0 bridgehead atoms. The average Bonchev–Trinajstić information content (AvgIpc) is 3.51. The van der Waals surface area contributed by atoms with E-state index in [1.54, 1.807) is 0 Å². The van der Waals surface area contributed by atoms with E-state index in [2.05, 4.69) is 20.8 Å². The zero-order valence-corrected chi connectivity index (χ0v) is 18.4. The van der Waals surface area contributed by atoms with Gasteiger partial charge >= 0.3 is 0 Å². The molecule has 1 saturated carbocycles. The summed E-state index contributed by atoms with van der Waals surface area (Å²) in [5.41, 5.74) is 0.272. The van der Waals surface area contributed by atoms with Crippen molar-refractivity contribution in [2.75, 3.05) is 27.9 Å². The molecule has 1 aromatic heterocycles. The first-order chi connectivity index (χ1) is 14.9. The Morgan fingerprint density at radius 1 is 1.13 bits per heavy atom. The Morgan fingerprint density at radius 2 is 1.77 bits per heavy atom. The van der Waals surface area contributed by atoms with Gasteiger partial charge in [-0.25, -0.2) is 0 Å². The Kier molecular flexibility index (Phi) is 6.98. The normalized spacial score (nSPS) is 14.1. The second-order valence-corrected chi connectivity index (χ2v) is 7.65. The number of carbonyl (C=O) groups is 2. The van der Waals surface area contributed by atoms with Crippen molar-refractivity contribution in [3.05, 3.63) is 29.4 Å². The highest BCUT2D eigenvalue weighted by molar-refractivity contribution is 5.97. The molecule has 0 aliphatic heterocycles. The molecule has 1 heterocycles. The van der Waals surface area contributed by atoms with Gasteiger partial charge in [0.1, 0.15) is 6.04 Å². The van der Waals surface area contributed by atoms with Gasteiger partial charge < -0.3 is 29.4 Å². The van der Waals surface area contributed by atoms with Crippen LogP contribution >= 0.6 is 0 Å². The summed E-state index contributed by atoms with van der Waals surface area (Å²) in [5, 5.41) is 9.46. The minimum Gasteiger partial charge on any atom is -0.493 e. The maximum atomic E-state index is 12.6. The van der Waals surface area contributed by atoms with Crippen molar-refractivity contribution >= 4 is 11.8 Å². The lowest BCUT2D eigenvalue weighted by Crippen LogP contribution is -2.40. The fourth-order valence-corrected chi connectivity index (χ4v) is 3.09. The van der Waals surface area contributed by atoms with E-state index < -0.39 is 11.9 Å². The van der Waals surface area contributed by atoms with Crippen LogP contribution in [0.25, 0.3) is 0 Å². The smallest absolute Gasteiger partial charge is 0.251 e. The molecule has 2 amide bonds. The topological polar surface area (TPSA) is 125 Å². The van der Waals surface area contributed by atoms with Crippen LogP contribution in [0.2, 0.25) is 0 Å². The summed E-state index contributed by atoms with van der Waals surface area (Å²) in [6.07, 6.45) is 2.12. The fourth-order valence-electron chi connectivity index (χ4n) is 3.09. The van der Waals surface area contributed by atoms with Gasteiger partial charge in [-0.05, 0) is 30.9 Å². The molecule has 1 aliphatic carbocycles. The van der Waals surface area contributed by atoms with E-state index in [1.165, 1.54) is 33.5 Å². The fraction of sp³-hybridized carbons (Fsp3) is 0.524. The SMILES string of the molecule is COc1cc(C(=O)NCC(=O)NC(c2nc(C3CC3)no2)C(C)C)cc(OC)c1OC. The van der Waals surface area contributed by atoms with Crippen molar-refractivity contribution in [3.63, 3.8) is 0 Å². The van der Waals surface area contributed by atoms with Gasteiger partial charge in [0.25, 0.3) is 5.91 Å². The first-order valence-electron chi connectivity index (χ1n) is 10.1. The number of aromatic nitrogens is 2. The minimum absolute atomic E-state index is 0.0299. The van der Waals surface area contributed by atoms with E-state index in [0.717, 1.165) is 12.8 Å². The predicted octanol–water partition coefficient (Wildman–Crippen LogP) is 2.22. The summed E-state index contributed by atoms with van der Waals surface area (Å²) >= 11 is 0. The van der Waals surface area contributed by atoms with Crippen LogP contribution in [-0.4, -0.2) is 49.8 Å². The maximum absolute atomic E-state index is 12.6. The van der Waals surface area contributed by atoms with Crippen LogP contribution in [0.1, 0.15) is 60.7 Å². The van der Waals surface area contributed by atoms with Gasteiger partial charge in [0, 0.05) is 11.5 Å². The van der Waals surface area contributed by atoms with E-state index in [4.69, 9.17) is 18.7 Å². The van der Waals surface area contributed by atoms with Crippen molar-refractivity contribution in [2.24, 2.45) is 5.92 Å². The molecular weight excluding hydrogens is 404 g/mol. The Morgan fingerprint density at radius 3 is 2.29 bits per heavy atom. The molecule has 2 N–H and O–H groups in total. The average molecular weight is 432 g/mol. The van der Waals surface area contributed by atoms with Crippen LogP contribution in [0.4, 0.5) is 0 Å². The second kappa shape index (κ2) is 9.67. The molecule has 1 atom stereocenters. The number of ether oxygens (including phenoxy) is 3. The maximum Gasteiger partial charge on any atom is 0.251 e. The van der Waals surface area contributed by atoms with Crippen molar-refractivity contribution in [2.45, 2.75) is 38.6 Å². The van der Waals surface area contributed by atoms with Crippen LogP contribution in [0.3, 0.4) is 0 Å². The summed E-state index contributed by atoms with van der Waals surface area (Å²) in [4.78, 5) is 29.5. The van der Waals surface area contributed by atoms with Gasteiger partial charge in [-0.2, -0.15) is 4.98 Å². The van der Waals surface area contributed by atoms with Crippen molar-refractivity contribution in [1.82, 2.24) is 20.8 Å². The number of nitrogens with zero attached hydrogens (tertiary/aromatic N) is 2. The van der Waals surface area contributed by atoms with Gasteiger partial charge in [-0.15, -0.1) is 0 Å². The lowest BCUT2D eigenvalue weighted by Gasteiger charge is -2.19. The lowest BCUT2D eigenvalue weighted by atomic mass is 10.0. The first kappa shape index (κ1) is 22.4. The van der Waals surface area contributed by atoms with E-state index in [9.17, 15) is 9.59 Å². The largest absolute Gasteiger partial charge is 0.493 e. The summed E-state index contributed by atoms with van der Waals surface area (Å²) in [7, 11) is 4.40. The Labute approximate surface area is 180 Å². The van der Waals surface area contributed by atoms with E-state index in [1.807, 2.05) is 13.8 Å². The second-order valence-electron chi connectivity index (χ2n) is 7.65. The molecule has 168 valence electrons. The van der Waals surface area contributed by atoms with Crippen LogP contribution in [0.15, 0.2) is 16.7 Å². The number of rotatable bonds is 10. The molecule has 0 spiro atoms. The number of hydrogen-bond donors (Lipinski definition) is 2. The minimum atomic E-state index is -0.454. The lowest BCUT2D eigenvalue weighted by molar-refractivity contribution is -0.121. The summed E-state index contributed by atoms with van der Waals surface area (Å²) in [6, 6.07) is 2.60. The summed E-state index contributed by atoms with van der Waals surface area (Å²) < 4.78 is 21.1. The Hall–Kier alpha value is -3.30. The Bertz CT molecular complexity index is 913. The molecule has 0 saturated heterocycles. The van der Waals surface area contributed by atoms with Gasteiger partial charge in [0.2, 0.25) is 17.5 Å². The number of amides is 2. The quantitative estimate of drug-likeness (QED) is 0.585. The number of methoxy groups -OCH3 is 3. The van der Waals surface area contributed by atoms with Crippen LogP contribution < -0.4 is 24.8 Å². The monoisotopic (exact) mass is 432 g/mol. The third kappa shape index (κ3) is 5.25. The van der Waals surface area contributed by atoms with Gasteiger partial charge in [0.05, 0.1) is 27.9 Å². The Balaban J connectivity index is 1.63. The molecule has 2 aromatic rings. The highest BCUT2D eigenvalue weighted by atomic mass is 16.5. The summed E-state index contributed by atoms with van der Waals surface area (Å²) in [6.45, 7) is 3.67. The third-order valence-corrected chi connectivity index (χ3v) is 4.99. The molecule has 1 aromatic carbocycles. The number of benzene rings is 1. The molecule has 1 unspecified atom stereocenters. The van der Waals surface area contributed by atoms with Gasteiger partial charge in [0.15, 0.2) is 17.3 Å². The van der Waals surface area contributed by atoms with Crippen molar-refractivity contribution in [1.29, 1.82) is 0 Å². The molecule has 3 rings (SSSR count). The first-order valence-corrected chi connectivity index (χ1v) is 10.1. The van der Waals surface area contributed by atoms with Gasteiger partial charge in [-0.3, -0.25) is 9.59 Å². The highest BCUT2D eigenvalue weighted by Crippen LogP contribution is 2.39. The van der Waals surface area contributed by atoms with E-state index in [0.29, 0.717) is 34.9 Å². The van der Waals surface area contributed by atoms with Crippen molar-refractivity contribution in [3.8, 4) is 17.2 Å². The van der Waals surface area contributed by atoms with E-state index >= 15 is 0 Å². The third-order valence-electron chi connectivity index (χ3n) is 4.99. The number of nitrogens with one attached hydrogen (secondary N) is 2. The molecular formula is C21H28N4O6. The van der Waals surface area contributed by atoms with Gasteiger partial charge in [-0.1, -0.05) is 19.0 Å². The molecule has 31 heavy (non-hydrogen) atoms. The number of carbonyl (C=O) groups excluding carboxylic acids is 2. The molecule has 1 fully saturated rings. The van der Waals surface area contributed by atoms with Crippen LogP contribution in [0.5, 0.6) is 17.2 Å². The molecule has 10 heteroatoms. The molecule has 0 radical (unpaired) electrons. The zero-order chi connectivity index (χ0) is 22.5. The summed E-state index contributed by atoms with van der Waals surface area (Å²) in [5.74, 6) is 1.70. The standard InChI is InChI=1S/C21H28N4O6/c1-11(2)17(21-24-19(25-31-21)12-6-7-12)23-16(26)10-22-20(27)13-8-14(28-3)18(30-5)15(9-13)29-4/h8-9,11-12,17H,6-7,10H2,1-5H3,(H,22,27)(H,23,26). The van der Waals surface area contributed by atoms with Crippen LogP contribution in [-0.2, 0) is 4.79 Å². The number of hydrogen-bond acceptors (Lipinski definition) is 8. The molecule has 10 nitrogen and oxygen atoms in total. The van der Waals surface area contributed by atoms with Crippen LogP contribution in [0, 0.1) is 5.92 Å². The van der Waals surface area contributed by atoms with Crippen molar-refractivity contribution < 1.29 is 28.3 Å². The molecule has 1 aliphatic rings. The highest BCUT2D eigenvalue weighted by Gasteiger charge is 2.31. The zero-order valence-electron chi connectivity index (χ0n) is 18.4. The predicted molar refractivity (Wildman–Crippen MR) is 110 cm³/mol. The van der Waals surface area contributed by atoms with E-state index in [-0.39, 0.29) is 23.9 Å².